The SMILES string of the molecule is CCCCCCCCCCCCCCOc1ccc(CCN(C(C)=O)c2ccc(CN3C=C(C)SC3)cc2)cc1F. The zero-order chi connectivity index (χ0) is 29.3. The van der Waals surface area contributed by atoms with Gasteiger partial charge >= 0.3 is 0 Å². The van der Waals surface area contributed by atoms with Gasteiger partial charge in [0, 0.05) is 31.9 Å². The molecule has 1 heterocycles. The van der Waals surface area contributed by atoms with E-state index in [4.69, 9.17) is 4.74 Å². The molecular weight excluding hydrogens is 531 g/mol. The maximum Gasteiger partial charge on any atom is 0.223 e. The lowest BCUT2D eigenvalue weighted by Crippen LogP contribution is -2.30. The highest BCUT2D eigenvalue weighted by Gasteiger charge is 2.14. The lowest BCUT2D eigenvalue weighted by Gasteiger charge is -2.22. The quantitative estimate of drug-likeness (QED) is 0.145. The molecule has 0 spiro atoms. The van der Waals surface area contributed by atoms with Crippen molar-refractivity contribution >= 4 is 23.4 Å². The standard InChI is InChI=1S/C35H51FN2O2S/c1-4-5-6-7-8-9-10-11-12-13-14-15-24-40-35-21-18-31(25-34(35)36)22-23-38(30(3)39)33-19-16-32(17-20-33)27-37-26-29(2)41-28-37/h16-21,25-26H,4-15,22-24,27-28H2,1-3H3. The molecule has 0 aromatic heterocycles. The Hall–Kier alpha value is -2.47. The Kier molecular flexibility index (Phi) is 15.2. The third-order valence-corrected chi connectivity index (χ3v) is 8.73. The number of carbonyl (C=O) groups is 1. The van der Waals surface area contributed by atoms with E-state index >= 15 is 0 Å². The minimum atomic E-state index is -0.329. The Morgan fingerprint density at radius 1 is 0.902 bits per heavy atom. The summed E-state index contributed by atoms with van der Waals surface area (Å²) in [5, 5.41) is 0. The highest BCUT2D eigenvalue weighted by molar-refractivity contribution is 8.03. The average molecular weight is 583 g/mol. The topological polar surface area (TPSA) is 32.8 Å². The Balaban J connectivity index is 1.33. The van der Waals surface area contributed by atoms with Gasteiger partial charge in [-0.25, -0.2) is 4.39 Å². The molecule has 0 atom stereocenters. The number of rotatable bonds is 20. The Morgan fingerprint density at radius 2 is 1.51 bits per heavy atom. The monoisotopic (exact) mass is 582 g/mol. The van der Waals surface area contributed by atoms with E-state index in [-0.39, 0.29) is 11.7 Å². The molecule has 3 rings (SSSR count). The average Bonchev–Trinajstić information content (AvgIpc) is 3.37. The molecule has 6 heteroatoms. The molecule has 1 aliphatic rings. The zero-order valence-electron chi connectivity index (χ0n) is 25.6. The molecule has 2 aromatic carbocycles. The predicted molar refractivity (Wildman–Crippen MR) is 173 cm³/mol. The summed E-state index contributed by atoms with van der Waals surface area (Å²) >= 11 is 1.85. The molecule has 0 aliphatic carbocycles. The van der Waals surface area contributed by atoms with Crippen molar-refractivity contribution < 1.29 is 13.9 Å². The van der Waals surface area contributed by atoms with Crippen molar-refractivity contribution in [3.63, 3.8) is 0 Å². The first kappa shape index (κ1) is 33.0. The number of allylic oxidation sites excluding steroid dienone is 1. The van der Waals surface area contributed by atoms with Gasteiger partial charge < -0.3 is 14.5 Å². The fraction of sp³-hybridized carbons (Fsp3) is 0.571. The van der Waals surface area contributed by atoms with Crippen LogP contribution in [-0.4, -0.2) is 29.8 Å². The molecule has 1 aliphatic heterocycles. The highest BCUT2D eigenvalue weighted by Crippen LogP contribution is 2.27. The van der Waals surface area contributed by atoms with Gasteiger partial charge in [-0.15, -0.1) is 11.8 Å². The number of hydrogen-bond donors (Lipinski definition) is 0. The summed E-state index contributed by atoms with van der Waals surface area (Å²) in [6.45, 7) is 7.88. The summed E-state index contributed by atoms with van der Waals surface area (Å²) in [5.41, 5.74) is 2.94. The second kappa shape index (κ2) is 18.9. The summed E-state index contributed by atoms with van der Waals surface area (Å²) in [6.07, 6.45) is 18.3. The molecule has 0 saturated heterocycles. The third kappa shape index (κ3) is 12.5. The van der Waals surface area contributed by atoms with Gasteiger partial charge in [-0.2, -0.15) is 0 Å². The number of carbonyl (C=O) groups excluding carboxylic acids is 1. The molecule has 1 amide bonds. The fourth-order valence-electron chi connectivity index (χ4n) is 5.27. The van der Waals surface area contributed by atoms with Crippen molar-refractivity contribution in [1.29, 1.82) is 0 Å². The van der Waals surface area contributed by atoms with Crippen LogP contribution in [-0.2, 0) is 17.8 Å². The van der Waals surface area contributed by atoms with E-state index in [0.29, 0.717) is 25.3 Å². The number of unbranched alkanes of at least 4 members (excludes halogenated alkanes) is 11. The van der Waals surface area contributed by atoms with Crippen molar-refractivity contribution in [3.8, 4) is 5.75 Å². The van der Waals surface area contributed by atoms with Crippen molar-refractivity contribution in [2.24, 2.45) is 0 Å². The van der Waals surface area contributed by atoms with Gasteiger partial charge in [0.1, 0.15) is 0 Å². The van der Waals surface area contributed by atoms with E-state index in [1.807, 2.05) is 30.0 Å². The third-order valence-electron chi connectivity index (χ3n) is 7.71. The molecule has 0 radical (unpaired) electrons. The number of nitrogens with zero attached hydrogens (tertiary/aromatic N) is 2. The van der Waals surface area contributed by atoms with Crippen molar-refractivity contribution in [2.75, 3.05) is 23.9 Å². The number of thioether (sulfide) groups is 1. The van der Waals surface area contributed by atoms with Crippen LogP contribution in [0.15, 0.2) is 53.6 Å². The summed E-state index contributed by atoms with van der Waals surface area (Å²) in [4.78, 5) is 17.8. The highest BCUT2D eigenvalue weighted by atomic mass is 32.2. The maximum atomic E-state index is 14.7. The van der Waals surface area contributed by atoms with Gasteiger partial charge in [-0.3, -0.25) is 4.79 Å². The first-order valence-electron chi connectivity index (χ1n) is 15.8. The number of ether oxygens (including phenoxy) is 1. The molecule has 0 saturated carbocycles. The van der Waals surface area contributed by atoms with E-state index in [0.717, 1.165) is 36.5 Å². The van der Waals surface area contributed by atoms with Crippen LogP contribution in [0.25, 0.3) is 0 Å². The van der Waals surface area contributed by atoms with Crippen LogP contribution in [0.2, 0.25) is 0 Å². The number of anilines is 1. The molecule has 0 N–H and O–H groups in total. The molecule has 4 nitrogen and oxygen atoms in total. The largest absolute Gasteiger partial charge is 0.491 e. The Bertz CT molecular complexity index is 1070. The Morgan fingerprint density at radius 3 is 2.07 bits per heavy atom. The van der Waals surface area contributed by atoms with E-state index in [1.165, 1.54) is 74.7 Å². The molecule has 0 fully saturated rings. The Labute approximate surface area is 252 Å². The second-order valence-corrected chi connectivity index (χ2v) is 12.5. The van der Waals surface area contributed by atoms with Crippen molar-refractivity contribution in [2.45, 2.75) is 111 Å². The van der Waals surface area contributed by atoms with Crippen molar-refractivity contribution in [1.82, 2.24) is 4.90 Å². The van der Waals surface area contributed by atoms with Gasteiger partial charge in [-0.05, 0) is 60.1 Å². The number of benzene rings is 2. The van der Waals surface area contributed by atoms with Crippen LogP contribution < -0.4 is 9.64 Å². The van der Waals surface area contributed by atoms with Crippen LogP contribution in [0.1, 0.15) is 109 Å². The molecular formula is C35H51FN2O2S. The summed E-state index contributed by atoms with van der Waals surface area (Å²) in [7, 11) is 0. The molecule has 41 heavy (non-hydrogen) atoms. The van der Waals surface area contributed by atoms with Gasteiger partial charge in [-0.1, -0.05) is 95.8 Å². The molecule has 0 unspecified atom stereocenters. The van der Waals surface area contributed by atoms with Crippen molar-refractivity contribution in [3.05, 3.63) is 70.5 Å². The zero-order valence-corrected chi connectivity index (χ0v) is 26.5. The minimum absolute atomic E-state index is 0.0184. The lowest BCUT2D eigenvalue weighted by molar-refractivity contribution is -0.116. The van der Waals surface area contributed by atoms with E-state index < -0.39 is 0 Å². The van der Waals surface area contributed by atoms with E-state index in [9.17, 15) is 9.18 Å². The van der Waals surface area contributed by atoms with Crippen LogP contribution in [0.3, 0.4) is 0 Å². The number of amides is 1. The fourth-order valence-corrected chi connectivity index (χ4v) is 6.03. The summed E-state index contributed by atoms with van der Waals surface area (Å²) in [6, 6.07) is 13.4. The summed E-state index contributed by atoms with van der Waals surface area (Å²) < 4.78 is 20.5. The molecule has 0 bridgehead atoms. The van der Waals surface area contributed by atoms with Gasteiger partial charge in [0.05, 0.1) is 12.5 Å². The van der Waals surface area contributed by atoms with E-state index in [2.05, 4.69) is 37.1 Å². The summed E-state index contributed by atoms with van der Waals surface area (Å²) in [5.74, 6) is 0.948. The van der Waals surface area contributed by atoms with Gasteiger partial charge in [0.2, 0.25) is 5.91 Å². The van der Waals surface area contributed by atoms with E-state index in [1.54, 1.807) is 24.0 Å². The maximum absolute atomic E-state index is 14.7. The first-order valence-corrected chi connectivity index (χ1v) is 16.8. The van der Waals surface area contributed by atoms with Crippen LogP contribution >= 0.6 is 11.8 Å². The lowest BCUT2D eigenvalue weighted by atomic mass is 10.1. The normalized spacial score (nSPS) is 13.0. The first-order chi connectivity index (χ1) is 20.0. The van der Waals surface area contributed by atoms with Gasteiger partial charge in [0.25, 0.3) is 0 Å². The van der Waals surface area contributed by atoms with Crippen LogP contribution in [0, 0.1) is 5.82 Å². The molecule has 2 aromatic rings. The van der Waals surface area contributed by atoms with Crippen LogP contribution in [0.4, 0.5) is 10.1 Å². The second-order valence-electron chi connectivity index (χ2n) is 11.3. The predicted octanol–water partition coefficient (Wildman–Crippen LogP) is 9.87. The minimum Gasteiger partial charge on any atom is -0.491 e. The number of hydrogen-bond acceptors (Lipinski definition) is 4. The number of halogens is 1. The van der Waals surface area contributed by atoms with Crippen LogP contribution in [0.5, 0.6) is 5.75 Å². The smallest absolute Gasteiger partial charge is 0.223 e. The van der Waals surface area contributed by atoms with Gasteiger partial charge in [0.15, 0.2) is 11.6 Å². The molecule has 226 valence electrons.